The summed E-state index contributed by atoms with van der Waals surface area (Å²) in [6, 6.07) is 0. The van der Waals surface area contributed by atoms with E-state index in [0.29, 0.717) is 0 Å². The average molecular weight is 192 g/mol. The number of nitrogens with zero attached hydrogens (tertiary/aromatic N) is 2. The maximum absolute atomic E-state index is 3.77. The van der Waals surface area contributed by atoms with Crippen LogP contribution in [-0.4, -0.2) is 20.4 Å². The smallest absolute Gasteiger partial charge is 0.0519 e. The number of hydrogen-bond donors (Lipinski definition) is 2. The van der Waals surface area contributed by atoms with Gasteiger partial charge in [0.1, 0.15) is 0 Å². The lowest BCUT2D eigenvalue weighted by Gasteiger charge is -1.76. The zero-order chi connectivity index (χ0) is 10.2. The fourth-order valence-corrected chi connectivity index (χ4v) is 0.942. The van der Waals surface area contributed by atoms with Gasteiger partial charge in [-0.05, 0) is 24.0 Å². The second-order valence-corrected chi connectivity index (χ2v) is 2.92. The van der Waals surface area contributed by atoms with Crippen LogP contribution in [0.3, 0.4) is 0 Å². The standard InChI is InChI=1S/2C5H8N2/c2*1-2-5-3-6-7-4-5/h2*3-4H,2H2,1H3,(H,6,7). The molecule has 2 N–H and O–H groups in total. The number of nitrogens with one attached hydrogen (secondary N) is 2. The molecule has 2 aromatic rings. The molecule has 14 heavy (non-hydrogen) atoms. The Bertz CT molecular complexity index is 276. The molecule has 0 radical (unpaired) electrons. The van der Waals surface area contributed by atoms with Crippen molar-refractivity contribution in [1.29, 1.82) is 0 Å². The zero-order valence-electron chi connectivity index (χ0n) is 8.62. The van der Waals surface area contributed by atoms with Crippen LogP contribution in [-0.2, 0) is 12.8 Å². The lowest BCUT2D eigenvalue weighted by Crippen LogP contribution is -1.67. The van der Waals surface area contributed by atoms with E-state index in [2.05, 4.69) is 34.2 Å². The van der Waals surface area contributed by atoms with Crippen molar-refractivity contribution in [3.05, 3.63) is 35.9 Å². The SMILES string of the molecule is CCc1cn[nH]c1.CCc1cn[nH]c1. The third-order valence-corrected chi connectivity index (χ3v) is 1.93. The van der Waals surface area contributed by atoms with Gasteiger partial charge in [0.2, 0.25) is 0 Å². The molecular formula is C10H16N4. The number of hydrogen-bond acceptors (Lipinski definition) is 2. The summed E-state index contributed by atoms with van der Waals surface area (Å²) in [6.07, 6.45) is 9.60. The largest absolute Gasteiger partial charge is 0.285 e. The van der Waals surface area contributed by atoms with E-state index >= 15 is 0 Å². The van der Waals surface area contributed by atoms with Gasteiger partial charge < -0.3 is 0 Å². The van der Waals surface area contributed by atoms with Gasteiger partial charge in [0.15, 0.2) is 0 Å². The van der Waals surface area contributed by atoms with Crippen LogP contribution < -0.4 is 0 Å². The molecular weight excluding hydrogens is 176 g/mol. The topological polar surface area (TPSA) is 57.4 Å². The van der Waals surface area contributed by atoms with Crippen LogP contribution >= 0.6 is 0 Å². The summed E-state index contributed by atoms with van der Waals surface area (Å²) < 4.78 is 0. The third kappa shape index (κ3) is 3.43. The summed E-state index contributed by atoms with van der Waals surface area (Å²) in [5, 5.41) is 13.0. The number of H-pyrrole nitrogens is 2. The van der Waals surface area contributed by atoms with Crippen LogP contribution in [0.1, 0.15) is 25.0 Å². The minimum absolute atomic E-state index is 1.07. The van der Waals surface area contributed by atoms with Crippen molar-refractivity contribution >= 4 is 0 Å². The molecule has 0 saturated carbocycles. The third-order valence-electron chi connectivity index (χ3n) is 1.93. The van der Waals surface area contributed by atoms with Gasteiger partial charge >= 0.3 is 0 Å². The van der Waals surface area contributed by atoms with Crippen molar-refractivity contribution in [1.82, 2.24) is 20.4 Å². The molecule has 0 saturated heterocycles. The van der Waals surface area contributed by atoms with Gasteiger partial charge in [0, 0.05) is 12.4 Å². The molecule has 0 bridgehead atoms. The van der Waals surface area contributed by atoms with E-state index in [4.69, 9.17) is 0 Å². The second kappa shape index (κ2) is 5.96. The normalized spacial score (nSPS) is 9.29. The quantitative estimate of drug-likeness (QED) is 0.764. The number of aryl methyl sites for hydroxylation is 2. The first-order valence-electron chi connectivity index (χ1n) is 4.82. The van der Waals surface area contributed by atoms with Crippen LogP contribution in [0.15, 0.2) is 24.8 Å². The van der Waals surface area contributed by atoms with Crippen LogP contribution in [0, 0.1) is 0 Å². The molecule has 4 heteroatoms. The highest BCUT2D eigenvalue weighted by Gasteiger charge is 1.83. The first kappa shape index (κ1) is 10.5. The van der Waals surface area contributed by atoms with E-state index in [0.717, 1.165) is 12.8 Å². The van der Waals surface area contributed by atoms with Gasteiger partial charge in [0.05, 0.1) is 12.4 Å². The highest BCUT2D eigenvalue weighted by Crippen LogP contribution is 1.91. The summed E-state index contributed by atoms with van der Waals surface area (Å²) in [5.41, 5.74) is 2.53. The Morgan fingerprint density at radius 3 is 1.50 bits per heavy atom. The minimum Gasteiger partial charge on any atom is -0.285 e. The van der Waals surface area contributed by atoms with Crippen molar-refractivity contribution in [2.75, 3.05) is 0 Å². The molecule has 0 aliphatic carbocycles. The zero-order valence-corrected chi connectivity index (χ0v) is 8.62. The molecule has 2 rings (SSSR count). The highest BCUT2D eigenvalue weighted by atomic mass is 15.1. The van der Waals surface area contributed by atoms with Gasteiger partial charge in [0.25, 0.3) is 0 Å². The Morgan fingerprint density at radius 1 is 0.929 bits per heavy atom. The molecule has 0 unspecified atom stereocenters. The molecule has 0 aromatic carbocycles. The molecule has 0 amide bonds. The van der Waals surface area contributed by atoms with E-state index in [1.54, 1.807) is 0 Å². The van der Waals surface area contributed by atoms with E-state index < -0.39 is 0 Å². The molecule has 0 aliphatic heterocycles. The summed E-state index contributed by atoms with van der Waals surface area (Å²) in [7, 11) is 0. The predicted octanol–water partition coefficient (Wildman–Crippen LogP) is 1.94. The Kier molecular flexibility index (Phi) is 4.47. The van der Waals surface area contributed by atoms with E-state index in [1.807, 2.05) is 24.8 Å². The maximum Gasteiger partial charge on any atom is 0.0519 e. The number of aromatic amines is 2. The van der Waals surface area contributed by atoms with Gasteiger partial charge in [-0.3, -0.25) is 10.2 Å². The fourth-order valence-electron chi connectivity index (χ4n) is 0.942. The number of rotatable bonds is 2. The second-order valence-electron chi connectivity index (χ2n) is 2.92. The lowest BCUT2D eigenvalue weighted by atomic mass is 10.3. The Hall–Kier alpha value is -1.58. The Morgan fingerprint density at radius 2 is 1.36 bits per heavy atom. The van der Waals surface area contributed by atoms with Crippen LogP contribution in [0.5, 0.6) is 0 Å². The van der Waals surface area contributed by atoms with Gasteiger partial charge in [-0.1, -0.05) is 13.8 Å². The molecule has 2 heterocycles. The van der Waals surface area contributed by atoms with Crippen LogP contribution in [0.4, 0.5) is 0 Å². The van der Waals surface area contributed by atoms with Crippen molar-refractivity contribution in [2.24, 2.45) is 0 Å². The summed E-state index contributed by atoms with van der Waals surface area (Å²) in [5.74, 6) is 0. The first-order valence-corrected chi connectivity index (χ1v) is 4.82. The average Bonchev–Trinajstić information content (AvgIpc) is 2.92. The minimum atomic E-state index is 1.07. The maximum atomic E-state index is 3.77. The van der Waals surface area contributed by atoms with Crippen molar-refractivity contribution in [3.8, 4) is 0 Å². The van der Waals surface area contributed by atoms with E-state index in [-0.39, 0.29) is 0 Å². The predicted molar refractivity (Wildman–Crippen MR) is 55.9 cm³/mol. The summed E-state index contributed by atoms with van der Waals surface area (Å²) >= 11 is 0. The molecule has 4 nitrogen and oxygen atoms in total. The van der Waals surface area contributed by atoms with Crippen molar-refractivity contribution in [2.45, 2.75) is 26.7 Å². The summed E-state index contributed by atoms with van der Waals surface area (Å²) in [4.78, 5) is 0. The monoisotopic (exact) mass is 192 g/mol. The molecule has 0 fully saturated rings. The van der Waals surface area contributed by atoms with Crippen LogP contribution in [0.2, 0.25) is 0 Å². The van der Waals surface area contributed by atoms with E-state index in [9.17, 15) is 0 Å². The van der Waals surface area contributed by atoms with E-state index in [1.165, 1.54) is 11.1 Å². The molecule has 76 valence electrons. The molecule has 0 atom stereocenters. The number of aromatic nitrogens is 4. The summed E-state index contributed by atoms with van der Waals surface area (Å²) in [6.45, 7) is 4.20. The van der Waals surface area contributed by atoms with Gasteiger partial charge in [-0.15, -0.1) is 0 Å². The van der Waals surface area contributed by atoms with Crippen molar-refractivity contribution in [3.63, 3.8) is 0 Å². The lowest BCUT2D eigenvalue weighted by molar-refractivity contribution is 1.09. The van der Waals surface area contributed by atoms with Gasteiger partial charge in [-0.2, -0.15) is 10.2 Å². The Labute approximate surface area is 83.7 Å². The van der Waals surface area contributed by atoms with Crippen molar-refractivity contribution < 1.29 is 0 Å². The molecule has 0 spiro atoms. The highest BCUT2D eigenvalue weighted by molar-refractivity contribution is 5.01. The Balaban J connectivity index is 0.000000140. The first-order chi connectivity index (χ1) is 6.86. The fraction of sp³-hybridized carbons (Fsp3) is 0.400. The molecule has 0 aliphatic rings. The van der Waals surface area contributed by atoms with Gasteiger partial charge in [-0.25, -0.2) is 0 Å². The van der Waals surface area contributed by atoms with Crippen LogP contribution in [0.25, 0.3) is 0 Å². The molecule has 2 aromatic heterocycles.